The minimum Gasteiger partial charge on any atom is -0.384 e. The lowest BCUT2D eigenvalue weighted by atomic mass is 9.88. The summed E-state index contributed by atoms with van der Waals surface area (Å²) < 4.78 is 1.05. The molecule has 6 heteroatoms. The second-order valence-corrected chi connectivity index (χ2v) is 8.35. The summed E-state index contributed by atoms with van der Waals surface area (Å²) >= 11 is 3.59. The summed E-state index contributed by atoms with van der Waals surface area (Å²) in [4.78, 5) is 12.5. The van der Waals surface area contributed by atoms with Crippen LogP contribution in [0, 0.1) is 0 Å². The van der Waals surface area contributed by atoms with Crippen LogP contribution in [-0.4, -0.2) is 26.5 Å². The molecule has 1 saturated heterocycles. The normalized spacial score (nSPS) is 19.3. The van der Waals surface area contributed by atoms with Crippen LogP contribution >= 0.6 is 15.9 Å². The van der Waals surface area contributed by atoms with Crippen LogP contribution in [0.2, 0.25) is 0 Å². The van der Waals surface area contributed by atoms with Crippen LogP contribution in [0.15, 0.2) is 53.4 Å². The van der Waals surface area contributed by atoms with Gasteiger partial charge in [0.15, 0.2) is 0 Å². The molecule has 1 aromatic carbocycles. The fourth-order valence-electron chi connectivity index (χ4n) is 3.76. The van der Waals surface area contributed by atoms with Gasteiger partial charge in [-0.25, -0.2) is 9.97 Å². The third kappa shape index (κ3) is 3.33. The molecule has 26 heavy (non-hydrogen) atoms. The fourth-order valence-corrected chi connectivity index (χ4v) is 4.24. The minimum absolute atomic E-state index is 0.0216. The lowest BCUT2D eigenvalue weighted by Crippen LogP contribution is -2.48. The first kappa shape index (κ1) is 17.1. The largest absolute Gasteiger partial charge is 0.384 e. The van der Waals surface area contributed by atoms with Crippen molar-refractivity contribution in [2.45, 2.75) is 38.3 Å². The highest BCUT2D eigenvalue weighted by molar-refractivity contribution is 9.10. The molecule has 1 atom stereocenters. The molecular weight excluding hydrogens is 390 g/mol. The van der Waals surface area contributed by atoms with Gasteiger partial charge < -0.3 is 15.6 Å². The molecule has 0 spiro atoms. The molecule has 134 valence electrons. The zero-order valence-electron chi connectivity index (χ0n) is 14.9. The molecule has 1 aliphatic rings. The van der Waals surface area contributed by atoms with E-state index < -0.39 is 0 Å². The maximum atomic E-state index is 4.75. The van der Waals surface area contributed by atoms with E-state index in [1.54, 1.807) is 0 Å². The van der Waals surface area contributed by atoms with Gasteiger partial charge in [-0.2, -0.15) is 0 Å². The van der Waals surface area contributed by atoms with E-state index in [2.05, 4.69) is 63.0 Å². The van der Waals surface area contributed by atoms with Crippen molar-refractivity contribution in [2.75, 3.05) is 5.32 Å². The van der Waals surface area contributed by atoms with Crippen molar-refractivity contribution in [1.82, 2.24) is 20.3 Å². The SMILES string of the molecule is C=C1CC(Nc2nccc(-c3c[nH]c4c(Br)cccc34)n2)CC(C)(C)N1. The summed E-state index contributed by atoms with van der Waals surface area (Å²) in [6.45, 7) is 8.48. The lowest BCUT2D eigenvalue weighted by Gasteiger charge is -2.38. The molecular formula is C20H22BrN5. The van der Waals surface area contributed by atoms with Crippen LogP contribution in [0.3, 0.4) is 0 Å². The topological polar surface area (TPSA) is 65.6 Å². The molecule has 5 nitrogen and oxygen atoms in total. The number of piperidine rings is 1. The maximum Gasteiger partial charge on any atom is 0.223 e. The van der Waals surface area contributed by atoms with E-state index in [1.165, 1.54) is 0 Å². The Morgan fingerprint density at radius 2 is 2.15 bits per heavy atom. The Hall–Kier alpha value is -2.34. The molecule has 0 radical (unpaired) electrons. The van der Waals surface area contributed by atoms with Gasteiger partial charge in [0.05, 0.1) is 11.2 Å². The Labute approximate surface area is 161 Å². The summed E-state index contributed by atoms with van der Waals surface area (Å²) in [5.41, 5.74) is 4.12. The highest BCUT2D eigenvalue weighted by Crippen LogP contribution is 2.32. The molecule has 0 aliphatic carbocycles. The molecule has 1 unspecified atom stereocenters. The molecule has 3 heterocycles. The zero-order valence-corrected chi connectivity index (χ0v) is 16.5. The van der Waals surface area contributed by atoms with Crippen molar-refractivity contribution in [3.8, 4) is 11.3 Å². The summed E-state index contributed by atoms with van der Waals surface area (Å²) in [7, 11) is 0. The second kappa shape index (κ2) is 6.43. The molecule has 0 saturated carbocycles. The quantitative estimate of drug-likeness (QED) is 0.576. The van der Waals surface area contributed by atoms with Crippen molar-refractivity contribution >= 4 is 32.8 Å². The molecule has 3 aromatic rings. The highest BCUT2D eigenvalue weighted by Gasteiger charge is 2.29. The third-order valence-electron chi connectivity index (χ3n) is 4.69. The van der Waals surface area contributed by atoms with E-state index in [0.29, 0.717) is 5.95 Å². The Morgan fingerprint density at radius 3 is 2.96 bits per heavy atom. The maximum absolute atomic E-state index is 4.75. The number of hydrogen-bond acceptors (Lipinski definition) is 4. The molecule has 1 aliphatic heterocycles. The van der Waals surface area contributed by atoms with Crippen LogP contribution < -0.4 is 10.6 Å². The van der Waals surface area contributed by atoms with Crippen LogP contribution in [0.5, 0.6) is 0 Å². The number of rotatable bonds is 3. The standard InChI is InChI=1S/C20H22BrN5/c1-12-9-13(10-20(2,3)26-12)24-19-22-8-7-17(25-19)15-11-23-18-14(15)5-4-6-16(18)21/h4-8,11,13,23,26H,1,9-10H2,2-3H3,(H,22,24,25). The molecule has 0 amide bonds. The van der Waals surface area contributed by atoms with E-state index in [4.69, 9.17) is 4.98 Å². The lowest BCUT2D eigenvalue weighted by molar-refractivity contribution is 0.324. The van der Waals surface area contributed by atoms with Gasteiger partial charge in [0.1, 0.15) is 0 Å². The fraction of sp³-hybridized carbons (Fsp3) is 0.300. The van der Waals surface area contributed by atoms with Crippen molar-refractivity contribution in [3.63, 3.8) is 0 Å². The van der Waals surface area contributed by atoms with E-state index in [-0.39, 0.29) is 11.6 Å². The number of fused-ring (bicyclic) bond motifs is 1. The van der Waals surface area contributed by atoms with Crippen molar-refractivity contribution in [3.05, 3.63) is 53.4 Å². The minimum atomic E-state index is 0.0216. The first-order chi connectivity index (χ1) is 12.4. The Morgan fingerprint density at radius 1 is 1.31 bits per heavy atom. The van der Waals surface area contributed by atoms with Gasteiger partial charge in [-0.15, -0.1) is 0 Å². The smallest absolute Gasteiger partial charge is 0.223 e. The number of hydrogen-bond donors (Lipinski definition) is 3. The monoisotopic (exact) mass is 411 g/mol. The number of aromatic amines is 1. The second-order valence-electron chi connectivity index (χ2n) is 7.49. The summed E-state index contributed by atoms with van der Waals surface area (Å²) in [6.07, 6.45) is 5.66. The van der Waals surface area contributed by atoms with Gasteiger partial charge in [0.25, 0.3) is 0 Å². The van der Waals surface area contributed by atoms with Crippen molar-refractivity contribution < 1.29 is 0 Å². The molecule has 2 aromatic heterocycles. The van der Waals surface area contributed by atoms with Crippen LogP contribution in [-0.2, 0) is 0 Å². The van der Waals surface area contributed by atoms with Crippen LogP contribution in [0.25, 0.3) is 22.2 Å². The summed E-state index contributed by atoms with van der Waals surface area (Å²) in [5, 5.41) is 8.07. The number of H-pyrrole nitrogens is 1. The molecule has 3 N–H and O–H groups in total. The first-order valence-electron chi connectivity index (χ1n) is 8.73. The average molecular weight is 412 g/mol. The Kier molecular flexibility index (Phi) is 4.23. The number of nitrogens with zero attached hydrogens (tertiary/aromatic N) is 2. The van der Waals surface area contributed by atoms with E-state index in [9.17, 15) is 0 Å². The Bertz CT molecular complexity index is 975. The molecule has 0 bridgehead atoms. The van der Waals surface area contributed by atoms with E-state index in [1.807, 2.05) is 30.6 Å². The third-order valence-corrected chi connectivity index (χ3v) is 5.35. The summed E-state index contributed by atoms with van der Waals surface area (Å²) in [5.74, 6) is 0.655. The van der Waals surface area contributed by atoms with Crippen LogP contribution in [0.4, 0.5) is 5.95 Å². The summed E-state index contributed by atoms with van der Waals surface area (Å²) in [6, 6.07) is 8.38. The van der Waals surface area contributed by atoms with Gasteiger partial charge in [0, 0.05) is 51.5 Å². The number of halogens is 1. The number of para-hydroxylation sites is 1. The van der Waals surface area contributed by atoms with E-state index >= 15 is 0 Å². The number of anilines is 1. The van der Waals surface area contributed by atoms with Gasteiger partial charge >= 0.3 is 0 Å². The van der Waals surface area contributed by atoms with Gasteiger partial charge in [0.2, 0.25) is 5.95 Å². The predicted octanol–water partition coefficient (Wildman–Crippen LogP) is 4.84. The molecule has 1 fully saturated rings. The number of benzene rings is 1. The van der Waals surface area contributed by atoms with Gasteiger partial charge in [-0.05, 0) is 48.3 Å². The molecule has 4 rings (SSSR count). The highest BCUT2D eigenvalue weighted by atomic mass is 79.9. The number of nitrogens with one attached hydrogen (secondary N) is 3. The van der Waals surface area contributed by atoms with Crippen molar-refractivity contribution in [1.29, 1.82) is 0 Å². The average Bonchev–Trinajstić information content (AvgIpc) is 2.98. The van der Waals surface area contributed by atoms with Gasteiger partial charge in [-0.1, -0.05) is 18.7 Å². The van der Waals surface area contributed by atoms with E-state index in [0.717, 1.165) is 45.2 Å². The van der Waals surface area contributed by atoms with Gasteiger partial charge in [-0.3, -0.25) is 0 Å². The van der Waals surface area contributed by atoms with Crippen LogP contribution in [0.1, 0.15) is 26.7 Å². The predicted molar refractivity (Wildman–Crippen MR) is 110 cm³/mol. The first-order valence-corrected chi connectivity index (χ1v) is 9.52. The van der Waals surface area contributed by atoms with Crippen molar-refractivity contribution in [2.24, 2.45) is 0 Å². The zero-order chi connectivity index (χ0) is 18.3. The Balaban J connectivity index is 1.63. The number of aromatic nitrogens is 3.